The first-order valence-corrected chi connectivity index (χ1v) is 8.78. The van der Waals surface area contributed by atoms with Gasteiger partial charge in [0.15, 0.2) is 5.82 Å². The van der Waals surface area contributed by atoms with Crippen molar-refractivity contribution in [1.29, 1.82) is 0 Å². The Morgan fingerprint density at radius 3 is 2.58 bits per heavy atom. The van der Waals surface area contributed by atoms with Gasteiger partial charge in [-0.1, -0.05) is 13.8 Å². The molecular weight excluding hydrogens is 308 g/mol. The van der Waals surface area contributed by atoms with Crippen LogP contribution in [0.4, 0.5) is 0 Å². The van der Waals surface area contributed by atoms with Crippen molar-refractivity contribution in [3.05, 3.63) is 10.4 Å². The second-order valence-corrected chi connectivity index (χ2v) is 8.02. The fourth-order valence-corrected chi connectivity index (χ4v) is 3.15. The average Bonchev–Trinajstić information content (AvgIpc) is 2.82. The van der Waals surface area contributed by atoms with Gasteiger partial charge in [0, 0.05) is 22.6 Å². The van der Waals surface area contributed by atoms with E-state index in [1.165, 1.54) is 15.9 Å². The van der Waals surface area contributed by atoms with Gasteiger partial charge in [0.2, 0.25) is 0 Å². The number of aryl methyl sites for hydroxylation is 1. The van der Waals surface area contributed by atoms with Crippen LogP contribution in [0.15, 0.2) is 10.5 Å². The Bertz CT molecular complexity index is 690. The summed E-state index contributed by atoms with van der Waals surface area (Å²) in [7, 11) is 1.46. The van der Waals surface area contributed by atoms with Crippen molar-refractivity contribution < 1.29 is 8.42 Å². The van der Waals surface area contributed by atoms with Gasteiger partial charge >= 0.3 is 0 Å². The summed E-state index contributed by atoms with van der Waals surface area (Å²) in [6.07, 6.45) is 0. The summed E-state index contributed by atoms with van der Waals surface area (Å²) in [5.41, 5.74) is 0.613. The van der Waals surface area contributed by atoms with E-state index < -0.39 is 9.05 Å². The lowest BCUT2D eigenvalue weighted by Gasteiger charge is -2.09. The van der Waals surface area contributed by atoms with E-state index in [2.05, 4.69) is 15.2 Å². The Morgan fingerprint density at radius 1 is 1.42 bits per heavy atom. The molecule has 0 radical (unpaired) electrons. The van der Waals surface area contributed by atoms with E-state index in [1.54, 1.807) is 0 Å². The molecule has 9 heteroatoms. The minimum absolute atomic E-state index is 0.228. The monoisotopic (exact) mass is 320 g/mol. The number of thiazole rings is 1. The molecule has 0 amide bonds. The number of nitrogens with zero attached hydrogens (tertiary/aromatic N) is 4. The van der Waals surface area contributed by atoms with Gasteiger partial charge < -0.3 is 0 Å². The number of aromatic nitrogens is 4. The lowest BCUT2D eigenvalue weighted by molar-refractivity contribution is 0.488. The van der Waals surface area contributed by atoms with Crippen LogP contribution >= 0.6 is 22.0 Å². The number of hydrogen-bond acceptors (Lipinski definition) is 6. The van der Waals surface area contributed by atoms with E-state index in [9.17, 15) is 8.42 Å². The predicted molar refractivity (Wildman–Crippen MR) is 73.7 cm³/mol. The SMILES string of the molecule is Cc1nc(-c2nnc(S(=O)(=O)Cl)n2CC(C)C)cs1. The quantitative estimate of drug-likeness (QED) is 0.808. The van der Waals surface area contributed by atoms with Gasteiger partial charge in [0.05, 0.1) is 5.01 Å². The van der Waals surface area contributed by atoms with Crippen molar-refractivity contribution >= 4 is 31.1 Å². The number of hydrogen-bond donors (Lipinski definition) is 0. The van der Waals surface area contributed by atoms with Crippen molar-refractivity contribution in [2.75, 3.05) is 0 Å². The summed E-state index contributed by atoms with van der Waals surface area (Å²) in [5, 5.41) is 10.1. The van der Waals surface area contributed by atoms with Crippen molar-refractivity contribution in [3.63, 3.8) is 0 Å². The minimum Gasteiger partial charge on any atom is -0.295 e. The van der Waals surface area contributed by atoms with Crippen LogP contribution < -0.4 is 0 Å². The third kappa shape index (κ3) is 3.13. The molecule has 0 fully saturated rings. The van der Waals surface area contributed by atoms with Crippen LogP contribution in [0.1, 0.15) is 18.9 Å². The van der Waals surface area contributed by atoms with E-state index in [-0.39, 0.29) is 11.1 Å². The first kappa shape index (κ1) is 14.4. The first-order chi connectivity index (χ1) is 8.79. The van der Waals surface area contributed by atoms with Crippen LogP contribution in [-0.4, -0.2) is 28.2 Å². The summed E-state index contributed by atoms with van der Waals surface area (Å²) in [4.78, 5) is 4.30. The molecule has 0 bridgehead atoms. The highest BCUT2D eigenvalue weighted by atomic mass is 35.7. The van der Waals surface area contributed by atoms with Crippen LogP contribution in [0.2, 0.25) is 0 Å². The smallest absolute Gasteiger partial charge is 0.295 e. The molecule has 2 aromatic heterocycles. The van der Waals surface area contributed by atoms with Crippen molar-refractivity contribution in [2.24, 2.45) is 5.92 Å². The van der Waals surface area contributed by atoms with Gasteiger partial charge in [0.1, 0.15) is 5.69 Å². The van der Waals surface area contributed by atoms with Crippen LogP contribution in [-0.2, 0) is 15.6 Å². The van der Waals surface area contributed by atoms with Crippen LogP contribution in [0, 0.1) is 12.8 Å². The van der Waals surface area contributed by atoms with E-state index in [4.69, 9.17) is 10.7 Å². The molecule has 0 saturated heterocycles. The van der Waals surface area contributed by atoms with Gasteiger partial charge in [-0.05, 0) is 12.8 Å². The largest absolute Gasteiger partial charge is 0.296 e. The molecule has 2 aromatic rings. The molecule has 0 atom stereocenters. The molecule has 0 spiro atoms. The molecule has 0 unspecified atom stereocenters. The molecule has 2 heterocycles. The molecule has 0 aliphatic rings. The summed E-state index contributed by atoms with van der Waals surface area (Å²) in [6.45, 7) is 6.28. The Balaban J connectivity index is 2.59. The normalized spacial score (nSPS) is 12.3. The zero-order valence-corrected chi connectivity index (χ0v) is 13.1. The van der Waals surface area contributed by atoms with Gasteiger partial charge in [-0.25, -0.2) is 13.4 Å². The maximum absolute atomic E-state index is 11.5. The van der Waals surface area contributed by atoms with Crippen molar-refractivity contribution in [3.8, 4) is 11.5 Å². The molecule has 0 N–H and O–H groups in total. The van der Waals surface area contributed by atoms with Crippen molar-refractivity contribution in [2.45, 2.75) is 32.5 Å². The summed E-state index contributed by atoms with van der Waals surface area (Å²) < 4.78 is 24.5. The molecular formula is C10H13ClN4O2S2. The Hall–Kier alpha value is -0.990. The van der Waals surface area contributed by atoms with Crippen LogP contribution in [0.5, 0.6) is 0 Å². The molecule has 104 valence electrons. The molecule has 6 nitrogen and oxygen atoms in total. The van der Waals surface area contributed by atoms with Crippen LogP contribution in [0.25, 0.3) is 11.5 Å². The molecule has 0 aliphatic carbocycles. The summed E-state index contributed by atoms with van der Waals surface area (Å²) >= 11 is 1.47. The van der Waals surface area contributed by atoms with E-state index in [1.807, 2.05) is 26.2 Å². The second-order valence-electron chi connectivity index (χ2n) is 4.50. The topological polar surface area (TPSA) is 77.7 Å². The predicted octanol–water partition coefficient (Wildman–Crippen LogP) is 2.29. The van der Waals surface area contributed by atoms with Gasteiger partial charge in [0.25, 0.3) is 14.2 Å². The molecule has 0 aliphatic heterocycles. The summed E-state index contributed by atoms with van der Waals surface area (Å²) in [5.74, 6) is 0.656. The minimum atomic E-state index is -3.92. The Labute approximate surface area is 119 Å². The van der Waals surface area contributed by atoms with E-state index in [0.29, 0.717) is 18.1 Å². The third-order valence-electron chi connectivity index (χ3n) is 2.33. The Kier molecular flexibility index (Phi) is 3.93. The highest BCUT2D eigenvalue weighted by molar-refractivity contribution is 8.13. The standard InChI is InChI=1S/C10H13ClN4O2S2/c1-6(2)4-15-9(8-5-18-7(3)12-8)13-14-10(15)19(11,16)17/h5-6H,4H2,1-3H3. The summed E-state index contributed by atoms with van der Waals surface area (Å²) in [6, 6.07) is 0. The fraction of sp³-hybridized carbons (Fsp3) is 0.500. The second kappa shape index (κ2) is 5.18. The molecule has 0 aromatic carbocycles. The van der Waals surface area contributed by atoms with Gasteiger partial charge in [-0.3, -0.25) is 4.57 Å². The highest BCUT2D eigenvalue weighted by Crippen LogP contribution is 2.24. The third-order valence-corrected chi connectivity index (χ3v) is 4.26. The fourth-order valence-electron chi connectivity index (χ4n) is 1.65. The maximum Gasteiger partial charge on any atom is 0.296 e. The average molecular weight is 321 g/mol. The molecule has 19 heavy (non-hydrogen) atoms. The van der Waals surface area contributed by atoms with Crippen LogP contribution in [0.3, 0.4) is 0 Å². The van der Waals surface area contributed by atoms with Gasteiger partial charge in [-0.15, -0.1) is 21.5 Å². The van der Waals surface area contributed by atoms with Gasteiger partial charge in [-0.2, -0.15) is 0 Å². The molecule has 0 saturated carbocycles. The Morgan fingerprint density at radius 2 is 2.11 bits per heavy atom. The van der Waals surface area contributed by atoms with E-state index in [0.717, 1.165) is 5.01 Å². The zero-order valence-electron chi connectivity index (χ0n) is 10.7. The lowest BCUT2D eigenvalue weighted by Crippen LogP contribution is -2.12. The maximum atomic E-state index is 11.5. The lowest BCUT2D eigenvalue weighted by atomic mass is 10.2. The highest BCUT2D eigenvalue weighted by Gasteiger charge is 2.24. The number of rotatable bonds is 4. The zero-order chi connectivity index (χ0) is 14.2. The number of halogens is 1. The molecule has 2 rings (SSSR count). The van der Waals surface area contributed by atoms with E-state index >= 15 is 0 Å². The first-order valence-electron chi connectivity index (χ1n) is 5.59. The van der Waals surface area contributed by atoms with Crippen molar-refractivity contribution in [1.82, 2.24) is 19.7 Å².